The Morgan fingerprint density at radius 3 is 2.10 bits per heavy atom. The number of hydrogen-bond donors (Lipinski definition) is 1. The average molecular weight is 558 g/mol. The average Bonchev–Trinajstić information content (AvgIpc) is 3.31. The Labute approximate surface area is 248 Å². The molecule has 4 aromatic carbocycles. The van der Waals surface area contributed by atoms with E-state index in [9.17, 15) is 4.79 Å². The van der Waals surface area contributed by atoms with Crippen LogP contribution in [0.15, 0.2) is 109 Å². The maximum absolute atomic E-state index is 13.9. The summed E-state index contributed by atoms with van der Waals surface area (Å²) in [5.74, 6) is 0.774. The number of ether oxygens (including phenoxy) is 1. The second-order valence-corrected chi connectivity index (χ2v) is 11.3. The first-order valence-corrected chi connectivity index (χ1v) is 15.0. The summed E-state index contributed by atoms with van der Waals surface area (Å²) in [7, 11) is 0. The van der Waals surface area contributed by atoms with Crippen LogP contribution in [0.25, 0.3) is 10.9 Å². The summed E-state index contributed by atoms with van der Waals surface area (Å²) in [4.78, 5) is 16.4. The summed E-state index contributed by atoms with van der Waals surface area (Å²) >= 11 is 0. The van der Waals surface area contributed by atoms with Crippen molar-refractivity contribution < 1.29 is 9.53 Å². The first-order chi connectivity index (χ1) is 20.6. The number of rotatable bonds is 10. The zero-order chi connectivity index (χ0) is 28.7. The van der Waals surface area contributed by atoms with Crippen molar-refractivity contribution in [2.24, 2.45) is 0 Å². The Morgan fingerprint density at radius 1 is 0.810 bits per heavy atom. The van der Waals surface area contributed by atoms with Gasteiger partial charge in [-0.25, -0.2) is 0 Å². The summed E-state index contributed by atoms with van der Waals surface area (Å²) in [5.41, 5.74) is 6.47. The molecule has 0 radical (unpaired) electrons. The molecule has 0 bridgehead atoms. The SMILES string of the molecule is Cc1c(C(=O)NC2CCN(CCc3ccccc3)CC2)c2cc(OCc3ccccc3)ccc2n1Cc1ccccc1. The Kier molecular flexibility index (Phi) is 8.67. The van der Waals surface area contributed by atoms with Crippen molar-refractivity contribution in [3.63, 3.8) is 0 Å². The lowest BCUT2D eigenvalue weighted by Crippen LogP contribution is -2.45. The maximum atomic E-state index is 13.9. The van der Waals surface area contributed by atoms with E-state index in [1.54, 1.807) is 0 Å². The highest BCUT2D eigenvalue weighted by molar-refractivity contribution is 6.09. The molecule has 0 unspecified atom stereocenters. The Morgan fingerprint density at radius 2 is 1.43 bits per heavy atom. The first-order valence-electron chi connectivity index (χ1n) is 15.0. The van der Waals surface area contributed by atoms with Crippen molar-refractivity contribution >= 4 is 16.8 Å². The molecule has 1 aliphatic rings. The molecule has 1 saturated heterocycles. The van der Waals surface area contributed by atoms with E-state index < -0.39 is 0 Å². The number of carbonyl (C=O) groups excluding carboxylic acids is 1. The van der Waals surface area contributed by atoms with E-state index in [4.69, 9.17) is 4.74 Å². The molecule has 5 heteroatoms. The predicted molar refractivity (Wildman–Crippen MR) is 170 cm³/mol. The van der Waals surface area contributed by atoms with Gasteiger partial charge in [0.25, 0.3) is 5.91 Å². The summed E-state index contributed by atoms with van der Waals surface area (Å²) in [6, 6.07) is 37.6. The summed E-state index contributed by atoms with van der Waals surface area (Å²) in [6.07, 6.45) is 2.99. The Bertz CT molecular complexity index is 1610. The highest BCUT2D eigenvalue weighted by Crippen LogP contribution is 2.31. The zero-order valence-corrected chi connectivity index (χ0v) is 24.3. The zero-order valence-electron chi connectivity index (χ0n) is 24.3. The van der Waals surface area contributed by atoms with Gasteiger partial charge in [0, 0.05) is 48.8 Å². The summed E-state index contributed by atoms with van der Waals surface area (Å²) in [5, 5.41) is 4.33. The van der Waals surface area contributed by atoms with Crippen LogP contribution in [-0.4, -0.2) is 41.1 Å². The molecule has 5 nitrogen and oxygen atoms in total. The van der Waals surface area contributed by atoms with Gasteiger partial charge in [0.05, 0.1) is 5.56 Å². The number of hydrogen-bond acceptors (Lipinski definition) is 3. The van der Waals surface area contributed by atoms with Crippen LogP contribution >= 0.6 is 0 Å². The van der Waals surface area contributed by atoms with Crippen LogP contribution in [0.2, 0.25) is 0 Å². The largest absolute Gasteiger partial charge is 0.489 e. The predicted octanol–water partition coefficient (Wildman–Crippen LogP) is 7.01. The van der Waals surface area contributed by atoms with Crippen molar-refractivity contribution in [2.45, 2.75) is 45.4 Å². The van der Waals surface area contributed by atoms with Gasteiger partial charge in [-0.05, 0) is 61.1 Å². The van der Waals surface area contributed by atoms with Crippen molar-refractivity contribution in [1.29, 1.82) is 0 Å². The van der Waals surface area contributed by atoms with Gasteiger partial charge >= 0.3 is 0 Å². The van der Waals surface area contributed by atoms with E-state index in [1.165, 1.54) is 11.1 Å². The number of nitrogens with one attached hydrogen (secondary N) is 1. The molecule has 0 atom stereocenters. The molecular weight excluding hydrogens is 518 g/mol. The first kappa shape index (κ1) is 27.8. The standard InChI is InChI=1S/C37H39N3O2/c1-28-36(37(41)38-32-20-23-39(24-21-32)22-19-29-11-5-2-6-12-29)34-25-33(42-27-31-15-9-4-10-16-31)17-18-35(34)40(28)26-30-13-7-3-8-14-30/h2-18,25,32H,19-24,26-27H2,1H3,(H,38,41). The van der Waals surface area contributed by atoms with E-state index in [1.807, 2.05) is 36.4 Å². The van der Waals surface area contributed by atoms with Crippen molar-refractivity contribution in [1.82, 2.24) is 14.8 Å². The van der Waals surface area contributed by atoms with Gasteiger partial charge in [-0.15, -0.1) is 0 Å². The molecule has 6 rings (SSSR count). The molecule has 0 saturated carbocycles. The quantitative estimate of drug-likeness (QED) is 0.201. The van der Waals surface area contributed by atoms with Crippen LogP contribution in [0.5, 0.6) is 5.75 Å². The third kappa shape index (κ3) is 6.58. The molecule has 1 N–H and O–H groups in total. The highest BCUT2D eigenvalue weighted by Gasteiger charge is 2.25. The number of piperidine rings is 1. The van der Waals surface area contributed by atoms with E-state index in [2.05, 4.69) is 94.5 Å². The molecule has 2 heterocycles. The number of carbonyl (C=O) groups is 1. The smallest absolute Gasteiger partial charge is 0.253 e. The maximum Gasteiger partial charge on any atom is 0.253 e. The lowest BCUT2D eigenvalue weighted by molar-refractivity contribution is 0.0912. The van der Waals surface area contributed by atoms with Crippen molar-refractivity contribution in [3.05, 3.63) is 137 Å². The molecule has 42 heavy (non-hydrogen) atoms. The normalized spacial score (nSPS) is 14.2. The van der Waals surface area contributed by atoms with Crippen molar-refractivity contribution in [3.8, 4) is 5.75 Å². The monoisotopic (exact) mass is 557 g/mol. The minimum Gasteiger partial charge on any atom is -0.489 e. The number of nitrogens with zero attached hydrogens (tertiary/aromatic N) is 2. The molecular formula is C37H39N3O2. The van der Waals surface area contributed by atoms with Gasteiger partial charge in [-0.3, -0.25) is 4.79 Å². The molecule has 1 aliphatic heterocycles. The molecule has 214 valence electrons. The Hall–Kier alpha value is -4.35. The van der Waals surface area contributed by atoms with Crippen LogP contribution in [0.4, 0.5) is 0 Å². The number of likely N-dealkylation sites (tertiary alicyclic amines) is 1. The lowest BCUT2D eigenvalue weighted by atomic mass is 10.0. The van der Waals surface area contributed by atoms with Crippen molar-refractivity contribution in [2.75, 3.05) is 19.6 Å². The van der Waals surface area contributed by atoms with Gasteiger partial charge in [0.1, 0.15) is 12.4 Å². The lowest BCUT2D eigenvalue weighted by Gasteiger charge is -2.32. The van der Waals surface area contributed by atoms with Crippen LogP contribution in [0, 0.1) is 6.92 Å². The fourth-order valence-electron chi connectivity index (χ4n) is 6.04. The Balaban J connectivity index is 1.19. The topological polar surface area (TPSA) is 46.5 Å². The fraction of sp³-hybridized carbons (Fsp3) is 0.270. The van der Waals surface area contributed by atoms with Crippen LogP contribution in [0.3, 0.4) is 0 Å². The van der Waals surface area contributed by atoms with Gasteiger partial charge < -0.3 is 19.5 Å². The second-order valence-electron chi connectivity index (χ2n) is 11.3. The molecule has 5 aromatic rings. The third-order valence-corrected chi connectivity index (χ3v) is 8.44. The molecule has 1 fully saturated rings. The molecule has 0 aliphatic carbocycles. The van der Waals surface area contributed by atoms with Crippen LogP contribution in [-0.2, 0) is 19.6 Å². The number of aromatic nitrogens is 1. The van der Waals surface area contributed by atoms with Gasteiger partial charge in [0.15, 0.2) is 0 Å². The minimum atomic E-state index is 0.00672. The van der Waals surface area contributed by atoms with Gasteiger partial charge in [-0.2, -0.15) is 0 Å². The number of benzene rings is 4. The van der Waals surface area contributed by atoms with E-state index in [0.717, 1.165) is 72.4 Å². The molecule has 1 aromatic heterocycles. The van der Waals surface area contributed by atoms with Crippen LogP contribution < -0.4 is 10.1 Å². The van der Waals surface area contributed by atoms with Crippen LogP contribution in [0.1, 0.15) is 45.6 Å². The number of amides is 1. The minimum absolute atomic E-state index is 0.00672. The molecule has 0 spiro atoms. The fourth-order valence-corrected chi connectivity index (χ4v) is 6.04. The van der Waals surface area contributed by atoms with E-state index >= 15 is 0 Å². The second kappa shape index (κ2) is 13.1. The van der Waals surface area contributed by atoms with E-state index in [-0.39, 0.29) is 11.9 Å². The van der Waals surface area contributed by atoms with Gasteiger partial charge in [0.2, 0.25) is 0 Å². The highest BCUT2D eigenvalue weighted by atomic mass is 16.5. The van der Waals surface area contributed by atoms with E-state index in [0.29, 0.717) is 13.2 Å². The number of fused-ring (bicyclic) bond motifs is 1. The summed E-state index contributed by atoms with van der Waals surface area (Å²) < 4.78 is 8.43. The third-order valence-electron chi connectivity index (χ3n) is 8.44. The summed E-state index contributed by atoms with van der Waals surface area (Å²) in [6.45, 7) is 6.33. The molecule has 1 amide bonds. The van der Waals surface area contributed by atoms with Gasteiger partial charge in [-0.1, -0.05) is 91.0 Å².